The van der Waals surface area contributed by atoms with Gasteiger partial charge in [-0.1, -0.05) is 287 Å². The molecule has 0 saturated carbocycles. The Hall–Kier alpha value is -10.9. The number of carbonyl (C=O) groups excluding carboxylic acids is 5. The number of ether oxygens (including phenoxy) is 2. The highest BCUT2D eigenvalue weighted by molar-refractivity contribution is 5.98. The van der Waals surface area contributed by atoms with Crippen LogP contribution in [0.1, 0.15) is 399 Å². The second-order valence-electron chi connectivity index (χ2n) is 42.1. The molecule has 20 heteroatoms. The molecule has 2 saturated heterocycles. The first-order chi connectivity index (χ1) is 63.9. The molecule has 0 aliphatic carbocycles. The van der Waals surface area contributed by atoms with Gasteiger partial charge in [0.25, 0.3) is 0 Å². The average Bonchev–Trinajstić information content (AvgIpc) is 1.28. The van der Waals surface area contributed by atoms with E-state index in [-0.39, 0.29) is 68.4 Å². The lowest BCUT2D eigenvalue weighted by Crippen LogP contribution is -2.44. The summed E-state index contributed by atoms with van der Waals surface area (Å²) in [5.74, 6) is 3.41. The largest absolute Gasteiger partial charge is 0.477 e. The standard InChI is InChI=1S/C15H23NO2.2C14H20O.C13H20N4O.C13H18O.C10H13NO2.C9H12.C8H13N.C8H11N.C7H15NO.C6H10N2/c1-11(2)13-8-6-12(7-9-13)10-16-14(17)18-15(3,4)5;1-10(2)13(15)11-7-6-8-12(9-11)14(3,4)5;1-5-7-13(15)11-8-6-9-12(10-11)14(2,3)4;1-9(2)13-15-11(10(3)18)8-12(16-13)17-6-4-14-5-7-17;1-5-12(14)10-7-6-8-11(9-10)13(2,3)4;1-10(2,3)8-6-4-5-7(11-8)9(12)13;1-8(2)9-6-4-3-5-7-9;1-7(2)9-6-4-5-8(9)3;1-7(2)8-4-3-5-9-6-8;1-7(2)8-3-5-9-6-4-8;1-6(2)8-4-3-7-5-8/h6-9,11H,10H2,1-5H3,(H,16,17);6-10H,1-5H3;6,8-10H,5,7H2,1-4H3;8-9,14H,4-7H2,1-3H3;6-9H,5H2,1-4H3;4-6H,1-3H3,(H,12,13);3-8H,1-2H3;4-7H,1-3H3;3-7H,1-2H3;7H,3-6H2,1-2H3;3-6H,1-2H3. The number of aromatic nitrogens is 7. The number of carboxylic acid groups (broad SMARTS) is 1. The van der Waals surface area contributed by atoms with Gasteiger partial charge in [0.15, 0.2) is 23.1 Å². The number of anilines is 1. The third kappa shape index (κ3) is 49.8. The molecule has 7 heterocycles. The number of amides is 1. The Morgan fingerprint density at radius 2 is 0.985 bits per heavy atom. The zero-order valence-corrected chi connectivity index (χ0v) is 90.5. The lowest BCUT2D eigenvalue weighted by atomic mass is 9.85. The van der Waals surface area contributed by atoms with E-state index in [4.69, 9.17) is 14.6 Å². The molecule has 0 radical (unpaired) electrons. The molecule has 137 heavy (non-hydrogen) atoms. The minimum absolute atomic E-state index is 0.00400. The van der Waals surface area contributed by atoms with E-state index >= 15 is 0 Å². The van der Waals surface area contributed by atoms with Crippen molar-refractivity contribution in [1.29, 1.82) is 0 Å². The van der Waals surface area contributed by atoms with Gasteiger partial charge in [-0.05, 0) is 197 Å². The summed E-state index contributed by atoms with van der Waals surface area (Å²) >= 11 is 0. The Kier molecular flexibility index (Phi) is 54.7. The average molecular weight is 1880 g/mol. The molecule has 3 N–H and O–H groups in total. The van der Waals surface area contributed by atoms with E-state index in [9.17, 15) is 28.8 Å². The van der Waals surface area contributed by atoms with Crippen molar-refractivity contribution in [2.75, 3.05) is 57.4 Å². The van der Waals surface area contributed by atoms with Gasteiger partial charge in [0, 0.05) is 166 Å². The van der Waals surface area contributed by atoms with E-state index in [0.29, 0.717) is 61.0 Å². The molecule has 1 amide bonds. The van der Waals surface area contributed by atoms with E-state index in [1.165, 1.54) is 45.1 Å². The summed E-state index contributed by atoms with van der Waals surface area (Å²) < 4.78 is 14.7. The maximum atomic E-state index is 11.8. The molecule has 0 atom stereocenters. The van der Waals surface area contributed by atoms with Gasteiger partial charge < -0.3 is 39.2 Å². The molecule has 2 aliphatic rings. The molecule has 0 unspecified atom stereocenters. The van der Waals surface area contributed by atoms with Crippen LogP contribution in [0.3, 0.4) is 0 Å². The predicted octanol–water partition coefficient (Wildman–Crippen LogP) is 28.1. The van der Waals surface area contributed by atoms with Crippen LogP contribution in [0.4, 0.5) is 10.6 Å². The normalized spacial score (nSPS) is 12.6. The fourth-order valence-corrected chi connectivity index (χ4v) is 13.1. The quantitative estimate of drug-likeness (QED) is 0.0637. The summed E-state index contributed by atoms with van der Waals surface area (Å²) in [6, 6.07) is 59.6. The van der Waals surface area contributed by atoms with Crippen LogP contribution in [-0.4, -0.2) is 143 Å². The van der Waals surface area contributed by atoms with Crippen molar-refractivity contribution in [3.8, 4) is 0 Å². The Morgan fingerprint density at radius 3 is 1.36 bits per heavy atom. The number of piperazine rings is 1. The first-order valence-electron chi connectivity index (χ1n) is 49.3. The summed E-state index contributed by atoms with van der Waals surface area (Å²) in [4.78, 5) is 94.2. The van der Waals surface area contributed by atoms with Crippen molar-refractivity contribution >= 4 is 41.0 Å². The third-order valence-electron chi connectivity index (χ3n) is 22.0. The van der Waals surface area contributed by atoms with Crippen molar-refractivity contribution in [1.82, 2.24) is 49.6 Å². The topological polar surface area (TPSA) is 246 Å². The van der Waals surface area contributed by atoms with Crippen LogP contribution in [0.25, 0.3) is 0 Å². The molecular formula is C117H175N11O9. The first kappa shape index (κ1) is 122. The van der Waals surface area contributed by atoms with E-state index in [1.807, 2.05) is 187 Å². The van der Waals surface area contributed by atoms with Crippen LogP contribution >= 0.6 is 0 Å². The first-order valence-corrected chi connectivity index (χ1v) is 49.3. The summed E-state index contributed by atoms with van der Waals surface area (Å²) in [5.41, 5.74) is 13.8. The number of aromatic carboxylic acids is 1. The zero-order valence-electron chi connectivity index (χ0n) is 90.5. The van der Waals surface area contributed by atoms with Crippen LogP contribution in [0.2, 0.25) is 0 Å². The molecular weight excluding hydrogens is 1700 g/mol. The molecule has 10 aromatic rings. The number of Topliss-reactive ketones (excluding diaryl/α,β-unsaturated/α-hetero) is 4. The van der Waals surface area contributed by atoms with Crippen molar-refractivity contribution in [2.24, 2.45) is 5.92 Å². The van der Waals surface area contributed by atoms with Crippen LogP contribution in [0.5, 0.6) is 0 Å². The summed E-state index contributed by atoms with van der Waals surface area (Å²) in [6.45, 7) is 81.0. The summed E-state index contributed by atoms with van der Waals surface area (Å²) in [6.07, 6.45) is 13.2. The molecule has 2 aliphatic heterocycles. The van der Waals surface area contributed by atoms with Gasteiger partial charge in [0.1, 0.15) is 28.6 Å². The summed E-state index contributed by atoms with van der Waals surface area (Å²) in [5, 5.41) is 14.8. The third-order valence-corrected chi connectivity index (χ3v) is 22.0. The number of carbonyl (C=O) groups is 6. The minimum atomic E-state index is -0.980. The van der Waals surface area contributed by atoms with Crippen LogP contribution in [0.15, 0.2) is 213 Å². The highest BCUT2D eigenvalue weighted by atomic mass is 16.6. The van der Waals surface area contributed by atoms with Gasteiger partial charge >= 0.3 is 12.1 Å². The molecule has 20 nitrogen and oxygen atoms in total. The van der Waals surface area contributed by atoms with Crippen molar-refractivity contribution in [3.05, 3.63) is 297 Å². The molecule has 752 valence electrons. The SMILES string of the molecule is CC(=O)c1cc(N2CCNCC2)nc(C(C)C)n1.CC(C)(C)c1cccc(C(=O)O)n1.CC(C)C(=O)c1cccc(C(C)(C)C)c1.CC(C)N1CCOCC1.CC(C)c1ccc(CNC(=O)OC(C)(C)C)cc1.CC(C)c1ccccc1.CC(C)c1cccnc1.CC(C)n1ccnc1.CCC(=O)c1cccc(C(C)(C)C)c1.CCCC(=O)c1cccc(C(C)(C)C)c1.Cc1cccn1C(C)C. The molecule has 5 aromatic heterocycles. The van der Waals surface area contributed by atoms with Gasteiger partial charge in [0.2, 0.25) is 0 Å². The number of aryl methyl sites for hydroxylation is 1. The number of imidazole rings is 1. The van der Waals surface area contributed by atoms with Crippen LogP contribution in [-0.2, 0) is 37.7 Å². The van der Waals surface area contributed by atoms with Crippen molar-refractivity contribution in [3.63, 3.8) is 0 Å². The van der Waals surface area contributed by atoms with Gasteiger partial charge in [-0.15, -0.1) is 0 Å². The maximum absolute atomic E-state index is 11.8. The fraction of sp³-hybridized carbons (Fsp3) is 0.513. The number of hydrogen-bond acceptors (Lipinski definition) is 16. The molecule has 0 spiro atoms. The number of nitrogens with zero attached hydrogens (tertiary/aromatic N) is 9. The number of benzene rings is 5. The maximum Gasteiger partial charge on any atom is 0.407 e. The molecule has 2 fully saturated rings. The highest BCUT2D eigenvalue weighted by Crippen LogP contribution is 2.28. The van der Waals surface area contributed by atoms with E-state index in [1.54, 1.807) is 31.5 Å². The number of nitrogens with one attached hydrogen (secondary N) is 2. The number of ketones is 4. The monoisotopic (exact) mass is 1880 g/mol. The Bertz CT molecular complexity index is 5040. The van der Waals surface area contributed by atoms with Gasteiger partial charge in [-0.3, -0.25) is 29.1 Å². The van der Waals surface area contributed by atoms with E-state index < -0.39 is 11.6 Å². The second-order valence-corrected chi connectivity index (χ2v) is 42.1. The van der Waals surface area contributed by atoms with E-state index in [2.05, 4.69) is 286 Å². The van der Waals surface area contributed by atoms with Gasteiger partial charge in [0.05, 0.1) is 19.5 Å². The highest BCUT2D eigenvalue weighted by Gasteiger charge is 2.23. The Labute approximate surface area is 827 Å². The minimum Gasteiger partial charge on any atom is -0.477 e. The lowest BCUT2D eigenvalue weighted by Gasteiger charge is -2.29. The smallest absolute Gasteiger partial charge is 0.407 e. The fourth-order valence-electron chi connectivity index (χ4n) is 13.1. The van der Waals surface area contributed by atoms with E-state index in [0.717, 1.165) is 98.5 Å². The predicted molar refractivity (Wildman–Crippen MR) is 572 cm³/mol. The number of carboxylic acids is 1. The summed E-state index contributed by atoms with van der Waals surface area (Å²) in [7, 11) is 0. The second kappa shape index (κ2) is 61.4. The Morgan fingerprint density at radius 1 is 0.482 bits per heavy atom. The molecule has 5 aromatic carbocycles. The van der Waals surface area contributed by atoms with Gasteiger partial charge in [-0.2, -0.15) is 0 Å². The zero-order chi connectivity index (χ0) is 104. The number of hydrogen-bond donors (Lipinski definition) is 3. The number of pyridine rings is 2. The van der Waals surface area contributed by atoms with Crippen molar-refractivity contribution < 1.29 is 43.3 Å². The number of morpholine rings is 1. The number of rotatable bonds is 19. The number of alkyl carbamates (subject to hydrolysis) is 1. The van der Waals surface area contributed by atoms with Crippen molar-refractivity contribution in [2.45, 2.75) is 337 Å². The van der Waals surface area contributed by atoms with Gasteiger partial charge in [-0.25, -0.2) is 29.5 Å². The lowest BCUT2D eigenvalue weighted by molar-refractivity contribution is 0.0237. The van der Waals surface area contributed by atoms with Crippen LogP contribution < -0.4 is 15.5 Å². The van der Waals surface area contributed by atoms with Crippen LogP contribution in [0, 0.1) is 12.8 Å². The molecule has 12 rings (SSSR count). The Balaban J connectivity index is 0.000000515. The molecule has 0 bridgehead atoms.